The molecule has 1 heterocycles. The number of ether oxygens (including phenoxy) is 2. The summed E-state index contributed by atoms with van der Waals surface area (Å²) in [5, 5.41) is 4.24. The molecule has 0 amide bonds. The van der Waals surface area contributed by atoms with Crippen molar-refractivity contribution in [2.24, 2.45) is 5.92 Å². The topological polar surface area (TPSA) is 38.7 Å². The van der Waals surface area contributed by atoms with Crippen molar-refractivity contribution in [2.75, 3.05) is 13.7 Å². The Labute approximate surface area is 69.6 Å². The predicted octanol–water partition coefficient (Wildman–Crippen LogP) is -0.477. The van der Waals surface area contributed by atoms with Crippen molar-refractivity contribution >= 4 is 7.85 Å². The second-order valence-corrected chi connectivity index (χ2v) is 2.87. The Balaban J connectivity index is 2.52. The zero-order valence-electron chi connectivity index (χ0n) is 7.82. The first kappa shape index (κ1) is 7.59. The summed E-state index contributed by atoms with van der Waals surface area (Å²) in [5.74, 6) is 0.148. The molecule has 3 nitrogen and oxygen atoms in total. The lowest BCUT2D eigenvalue weighted by Crippen LogP contribution is -2.30. The molecule has 1 N–H and O–H groups in total. The van der Waals surface area contributed by atoms with Crippen LogP contribution in [0.1, 0.15) is 6.92 Å². The van der Waals surface area contributed by atoms with Crippen molar-refractivity contribution in [1.82, 2.24) is 0 Å². The van der Waals surface area contributed by atoms with E-state index in [9.17, 15) is 0 Å². The molecule has 0 aliphatic carbocycles. The largest absolute Gasteiger partial charge is 0.394 e. The number of hydrogen-bond donors (Lipinski definition) is 1. The fourth-order valence-corrected chi connectivity index (χ4v) is 1.43. The smallest absolute Gasteiger partial charge is 0.210 e. The van der Waals surface area contributed by atoms with Crippen LogP contribution in [0.2, 0.25) is 0 Å². The van der Waals surface area contributed by atoms with Crippen molar-refractivity contribution in [3.8, 4) is 0 Å². The highest BCUT2D eigenvalue weighted by Crippen LogP contribution is 2.26. The number of hydrogen-bond acceptors (Lipinski definition) is 3. The van der Waals surface area contributed by atoms with Crippen LogP contribution in [0.5, 0.6) is 0 Å². The van der Waals surface area contributed by atoms with Crippen molar-refractivity contribution in [1.29, 1.82) is 1.43 Å². The van der Waals surface area contributed by atoms with Gasteiger partial charge in [-0.2, -0.15) is 0 Å². The Morgan fingerprint density at radius 1 is 1.82 bits per heavy atom. The standard InChI is InChI=1S/C7H13BO3/c1-4-6(10-2)5(3-9)11-7(4)8/h4-7,9H,3H2,1-2H3/t4?,5-,6-,7-/m1/s1/i9D. The van der Waals surface area contributed by atoms with Crippen LogP contribution in [0, 0.1) is 5.92 Å². The van der Waals surface area contributed by atoms with E-state index in [1.54, 1.807) is 7.11 Å². The number of rotatable bonds is 3. The monoisotopic (exact) mass is 157 g/mol. The van der Waals surface area contributed by atoms with Gasteiger partial charge in [-0.05, 0) is 0 Å². The third-order valence-corrected chi connectivity index (χ3v) is 2.17. The van der Waals surface area contributed by atoms with E-state index in [4.69, 9.17) is 18.8 Å². The van der Waals surface area contributed by atoms with E-state index >= 15 is 0 Å². The molecule has 1 aliphatic rings. The Hall–Kier alpha value is -0.0551. The molecule has 1 unspecified atom stereocenters. The molecule has 1 rings (SSSR count). The van der Waals surface area contributed by atoms with Gasteiger partial charge in [-0.3, -0.25) is 0 Å². The Morgan fingerprint density at radius 2 is 2.55 bits per heavy atom. The molecule has 11 heavy (non-hydrogen) atoms. The first-order valence-corrected chi connectivity index (χ1v) is 3.72. The van der Waals surface area contributed by atoms with Gasteiger partial charge in [0.1, 0.15) is 14.0 Å². The van der Waals surface area contributed by atoms with Crippen LogP contribution >= 0.6 is 0 Å². The molecule has 1 saturated heterocycles. The first-order valence-electron chi connectivity index (χ1n) is 4.13. The van der Waals surface area contributed by atoms with E-state index in [2.05, 4.69) is 5.11 Å². The van der Waals surface area contributed by atoms with Gasteiger partial charge in [0.05, 0.1) is 12.7 Å². The van der Waals surface area contributed by atoms with Crippen molar-refractivity contribution in [2.45, 2.75) is 25.1 Å². The fraction of sp³-hybridized carbons (Fsp3) is 1.00. The van der Waals surface area contributed by atoms with E-state index in [-0.39, 0.29) is 30.7 Å². The van der Waals surface area contributed by atoms with Crippen molar-refractivity contribution in [3.05, 3.63) is 0 Å². The first-order chi connectivity index (χ1) is 5.70. The molecule has 0 spiro atoms. The molecular formula is C7H13BO3. The minimum Gasteiger partial charge on any atom is -0.394 e. The number of aliphatic hydroxyl groups is 1. The van der Waals surface area contributed by atoms with E-state index in [1.165, 1.54) is 0 Å². The highest BCUT2D eigenvalue weighted by atomic mass is 16.6. The summed E-state index contributed by atoms with van der Waals surface area (Å²) in [7, 11) is 7.26. The predicted molar refractivity (Wildman–Crippen MR) is 41.5 cm³/mol. The SMILES string of the molecule is [2H]OC[C@H]1O[C@@H]([B])C(C)[C@H]1OC. The third-order valence-electron chi connectivity index (χ3n) is 2.17. The highest BCUT2D eigenvalue weighted by Gasteiger charge is 2.38. The van der Waals surface area contributed by atoms with Gasteiger partial charge < -0.3 is 14.6 Å². The molecule has 1 fully saturated rings. The Morgan fingerprint density at radius 3 is 3.09 bits per heavy atom. The van der Waals surface area contributed by atoms with Gasteiger partial charge in [0.2, 0.25) is 1.43 Å². The molecule has 4 atom stereocenters. The van der Waals surface area contributed by atoms with Gasteiger partial charge in [0.25, 0.3) is 0 Å². The third kappa shape index (κ3) is 1.58. The summed E-state index contributed by atoms with van der Waals surface area (Å²) in [6.07, 6.45) is -0.275. The maximum absolute atomic E-state index is 6.59. The summed E-state index contributed by atoms with van der Waals surface area (Å²) < 4.78 is 17.1. The second kappa shape index (κ2) is 3.56. The number of methoxy groups -OCH3 is 1. The minimum atomic E-state index is -0.310. The molecule has 4 heteroatoms. The van der Waals surface area contributed by atoms with Crippen LogP contribution in [-0.2, 0) is 9.47 Å². The molecular weight excluding hydrogens is 143 g/mol. The Bertz CT molecular complexity index is 147. The molecule has 2 radical (unpaired) electrons. The lowest BCUT2D eigenvalue weighted by atomic mass is 9.86. The number of aliphatic hydroxyl groups excluding tert-OH is 1. The second-order valence-electron chi connectivity index (χ2n) is 2.87. The molecule has 0 bridgehead atoms. The lowest BCUT2D eigenvalue weighted by molar-refractivity contribution is -0.0229. The summed E-state index contributed by atoms with van der Waals surface area (Å²) in [4.78, 5) is 0. The van der Waals surface area contributed by atoms with Gasteiger partial charge in [-0.1, -0.05) is 6.92 Å². The van der Waals surface area contributed by atoms with Crippen molar-refractivity contribution in [3.63, 3.8) is 0 Å². The highest BCUT2D eigenvalue weighted by molar-refractivity contribution is 6.11. The fourth-order valence-electron chi connectivity index (χ4n) is 1.43. The van der Waals surface area contributed by atoms with Crippen LogP contribution in [0.3, 0.4) is 0 Å². The summed E-state index contributed by atoms with van der Waals surface area (Å²) in [5.41, 5.74) is 0. The van der Waals surface area contributed by atoms with E-state index in [0.717, 1.165) is 0 Å². The van der Waals surface area contributed by atoms with Gasteiger partial charge in [-0.15, -0.1) is 0 Å². The minimum absolute atomic E-state index is 0.0645. The van der Waals surface area contributed by atoms with Crippen LogP contribution in [0.25, 0.3) is 0 Å². The average molecular weight is 157 g/mol. The van der Waals surface area contributed by atoms with Gasteiger partial charge in [0.15, 0.2) is 0 Å². The van der Waals surface area contributed by atoms with Gasteiger partial charge >= 0.3 is 0 Å². The summed E-state index contributed by atoms with van der Waals surface area (Å²) >= 11 is 0. The molecule has 1 aliphatic heterocycles. The van der Waals surface area contributed by atoms with Crippen LogP contribution in [0.15, 0.2) is 0 Å². The average Bonchev–Trinajstić information content (AvgIpc) is 2.29. The van der Waals surface area contributed by atoms with Crippen molar-refractivity contribution < 1.29 is 14.6 Å². The normalized spacial score (nSPS) is 45.8. The summed E-state index contributed by atoms with van der Waals surface area (Å²) in [6, 6.07) is -0.310. The lowest BCUT2D eigenvalue weighted by Gasteiger charge is -2.17. The van der Waals surface area contributed by atoms with Gasteiger partial charge in [0, 0.05) is 19.0 Å². The van der Waals surface area contributed by atoms with E-state index in [1.807, 2.05) is 6.92 Å². The molecule has 62 valence electrons. The summed E-state index contributed by atoms with van der Waals surface area (Å²) in [6.45, 7) is 2.17. The molecule has 0 aromatic rings. The molecule has 0 aromatic heterocycles. The molecule has 0 saturated carbocycles. The van der Waals surface area contributed by atoms with Crippen LogP contribution < -0.4 is 0 Å². The quantitative estimate of drug-likeness (QED) is 0.562. The maximum atomic E-state index is 6.59. The Kier molecular flexibility index (Phi) is 2.46. The van der Waals surface area contributed by atoms with Crippen LogP contribution in [-0.4, -0.2) is 46.3 Å². The molecule has 0 aromatic carbocycles. The van der Waals surface area contributed by atoms with E-state index in [0.29, 0.717) is 0 Å². The van der Waals surface area contributed by atoms with Crippen LogP contribution in [0.4, 0.5) is 0 Å². The maximum Gasteiger partial charge on any atom is 0.210 e. The van der Waals surface area contributed by atoms with Gasteiger partial charge in [-0.25, -0.2) is 0 Å². The van der Waals surface area contributed by atoms with E-state index < -0.39 is 0 Å². The zero-order chi connectivity index (χ0) is 9.14. The zero-order valence-corrected chi connectivity index (χ0v) is 6.82.